The number of amides is 1. The van der Waals surface area contributed by atoms with Gasteiger partial charge in [-0.05, 0) is 18.2 Å². The van der Waals surface area contributed by atoms with Crippen molar-refractivity contribution in [2.75, 3.05) is 5.32 Å². The van der Waals surface area contributed by atoms with Gasteiger partial charge in [-0.2, -0.15) is 0 Å². The highest BCUT2D eigenvalue weighted by atomic mass is 35.5. The van der Waals surface area contributed by atoms with Gasteiger partial charge in [0.05, 0.1) is 5.02 Å². The first-order valence-corrected chi connectivity index (χ1v) is 5.18. The molecular formula is C10H7Cl2N3O. The highest BCUT2D eigenvalue weighted by molar-refractivity contribution is 6.31. The lowest BCUT2D eigenvalue weighted by molar-refractivity contribution is 0.102. The summed E-state index contributed by atoms with van der Waals surface area (Å²) in [5.41, 5.74) is 0.367. The Morgan fingerprint density at radius 1 is 1.38 bits per heavy atom. The zero-order valence-corrected chi connectivity index (χ0v) is 9.51. The minimum absolute atomic E-state index is 0.318. The summed E-state index contributed by atoms with van der Waals surface area (Å²) in [6.45, 7) is 0. The standard InChI is InChI=1S/C10H7Cl2N3O/c11-6-4-7(13-5-6)10(16)15-9-3-1-2-8(12)14-9/h1-5,13H,(H,14,15,16). The van der Waals surface area contributed by atoms with Gasteiger partial charge >= 0.3 is 0 Å². The molecule has 6 heteroatoms. The Kier molecular flexibility index (Phi) is 3.12. The molecule has 16 heavy (non-hydrogen) atoms. The summed E-state index contributed by atoms with van der Waals surface area (Å²) in [5.74, 6) is 0.0740. The molecule has 2 rings (SSSR count). The van der Waals surface area contributed by atoms with E-state index in [1.165, 1.54) is 12.3 Å². The SMILES string of the molecule is O=C(Nc1cccc(Cl)n1)c1cc(Cl)c[nH]1. The molecule has 0 aliphatic rings. The second-order valence-electron chi connectivity index (χ2n) is 3.03. The van der Waals surface area contributed by atoms with Crippen LogP contribution in [0.5, 0.6) is 0 Å². The van der Waals surface area contributed by atoms with Crippen molar-refractivity contribution < 1.29 is 4.79 Å². The van der Waals surface area contributed by atoms with Crippen LogP contribution in [-0.4, -0.2) is 15.9 Å². The molecule has 0 atom stereocenters. The van der Waals surface area contributed by atoms with Crippen molar-refractivity contribution in [3.8, 4) is 0 Å². The van der Waals surface area contributed by atoms with Gasteiger partial charge in [0.1, 0.15) is 16.7 Å². The number of aromatic amines is 1. The number of hydrogen-bond donors (Lipinski definition) is 2. The monoisotopic (exact) mass is 255 g/mol. The number of halogens is 2. The number of nitrogens with zero attached hydrogens (tertiary/aromatic N) is 1. The molecule has 2 aromatic heterocycles. The fraction of sp³-hybridized carbons (Fsp3) is 0. The third-order valence-electron chi connectivity index (χ3n) is 1.85. The Bertz CT molecular complexity index is 524. The predicted molar refractivity (Wildman–Crippen MR) is 63.0 cm³/mol. The third-order valence-corrected chi connectivity index (χ3v) is 2.28. The lowest BCUT2D eigenvalue weighted by Crippen LogP contribution is -2.13. The van der Waals surface area contributed by atoms with Gasteiger partial charge in [0.2, 0.25) is 0 Å². The topological polar surface area (TPSA) is 57.8 Å². The molecule has 0 aliphatic heterocycles. The summed E-state index contributed by atoms with van der Waals surface area (Å²) in [6, 6.07) is 6.51. The maximum atomic E-state index is 11.7. The van der Waals surface area contributed by atoms with Gasteiger partial charge in [0.25, 0.3) is 5.91 Å². The lowest BCUT2D eigenvalue weighted by Gasteiger charge is -2.02. The fourth-order valence-electron chi connectivity index (χ4n) is 1.16. The summed E-state index contributed by atoms with van der Waals surface area (Å²) in [6.07, 6.45) is 1.53. The van der Waals surface area contributed by atoms with Crippen LogP contribution in [0.25, 0.3) is 0 Å². The number of carbonyl (C=O) groups excluding carboxylic acids is 1. The normalized spacial score (nSPS) is 10.1. The van der Waals surface area contributed by atoms with Gasteiger partial charge in [0.15, 0.2) is 0 Å². The molecule has 1 amide bonds. The minimum atomic E-state index is -0.318. The van der Waals surface area contributed by atoms with Gasteiger partial charge in [-0.25, -0.2) is 4.98 Å². The van der Waals surface area contributed by atoms with Crippen LogP contribution < -0.4 is 5.32 Å². The molecule has 0 aromatic carbocycles. The van der Waals surface area contributed by atoms with Gasteiger partial charge in [-0.3, -0.25) is 4.79 Å². The van der Waals surface area contributed by atoms with E-state index >= 15 is 0 Å². The fourth-order valence-corrected chi connectivity index (χ4v) is 1.49. The first-order valence-electron chi connectivity index (χ1n) is 4.43. The highest BCUT2D eigenvalue weighted by Crippen LogP contribution is 2.13. The number of hydrogen-bond acceptors (Lipinski definition) is 2. The van der Waals surface area contributed by atoms with Crippen LogP contribution in [0.15, 0.2) is 30.5 Å². The molecule has 0 saturated heterocycles. The van der Waals surface area contributed by atoms with E-state index in [1.807, 2.05) is 0 Å². The van der Waals surface area contributed by atoms with E-state index in [0.717, 1.165) is 0 Å². The van der Waals surface area contributed by atoms with E-state index in [9.17, 15) is 4.79 Å². The highest BCUT2D eigenvalue weighted by Gasteiger charge is 2.08. The summed E-state index contributed by atoms with van der Waals surface area (Å²) in [7, 11) is 0. The predicted octanol–water partition coefficient (Wildman–Crippen LogP) is 2.97. The maximum absolute atomic E-state index is 11.7. The summed E-state index contributed by atoms with van der Waals surface area (Å²) >= 11 is 11.4. The Morgan fingerprint density at radius 3 is 2.81 bits per heavy atom. The van der Waals surface area contributed by atoms with Crippen molar-refractivity contribution >= 4 is 34.9 Å². The molecule has 0 bridgehead atoms. The van der Waals surface area contributed by atoms with Gasteiger partial charge in [-0.15, -0.1) is 0 Å². The third kappa shape index (κ3) is 2.53. The van der Waals surface area contributed by atoms with Crippen LogP contribution in [0, 0.1) is 0 Å². The number of nitrogens with one attached hydrogen (secondary N) is 2. The van der Waals surface area contributed by atoms with Crippen molar-refractivity contribution in [2.24, 2.45) is 0 Å². The smallest absolute Gasteiger partial charge is 0.273 e. The average molecular weight is 256 g/mol. The van der Waals surface area contributed by atoms with Gasteiger partial charge in [0, 0.05) is 6.20 Å². The molecule has 0 saturated carbocycles. The number of H-pyrrole nitrogens is 1. The molecule has 82 valence electrons. The molecule has 2 N–H and O–H groups in total. The maximum Gasteiger partial charge on any atom is 0.273 e. The zero-order chi connectivity index (χ0) is 11.5. The van der Waals surface area contributed by atoms with Gasteiger partial charge in [-0.1, -0.05) is 29.3 Å². The van der Waals surface area contributed by atoms with Crippen molar-refractivity contribution in [2.45, 2.75) is 0 Å². The molecular weight excluding hydrogens is 249 g/mol. The molecule has 0 aliphatic carbocycles. The van der Waals surface area contributed by atoms with Crippen LogP contribution in [0.1, 0.15) is 10.5 Å². The molecule has 0 spiro atoms. The number of carbonyl (C=O) groups is 1. The molecule has 4 nitrogen and oxygen atoms in total. The quantitative estimate of drug-likeness (QED) is 0.811. The lowest BCUT2D eigenvalue weighted by atomic mass is 10.4. The van der Waals surface area contributed by atoms with E-state index in [1.54, 1.807) is 18.2 Å². The van der Waals surface area contributed by atoms with E-state index in [0.29, 0.717) is 21.7 Å². The average Bonchev–Trinajstić information content (AvgIpc) is 2.65. The second kappa shape index (κ2) is 4.55. The number of aromatic nitrogens is 2. The van der Waals surface area contributed by atoms with E-state index in [4.69, 9.17) is 23.2 Å². The first kappa shape index (κ1) is 11.0. The Hall–Kier alpha value is -1.52. The number of anilines is 1. The molecule has 2 heterocycles. The minimum Gasteiger partial charge on any atom is -0.356 e. The molecule has 0 fully saturated rings. The van der Waals surface area contributed by atoms with E-state index < -0.39 is 0 Å². The van der Waals surface area contributed by atoms with Crippen LogP contribution in [0.3, 0.4) is 0 Å². The molecule has 0 radical (unpaired) electrons. The second-order valence-corrected chi connectivity index (χ2v) is 3.85. The van der Waals surface area contributed by atoms with E-state index in [2.05, 4.69) is 15.3 Å². The van der Waals surface area contributed by atoms with E-state index in [-0.39, 0.29) is 5.91 Å². The van der Waals surface area contributed by atoms with Crippen LogP contribution >= 0.6 is 23.2 Å². The van der Waals surface area contributed by atoms with Crippen LogP contribution in [-0.2, 0) is 0 Å². The number of pyridine rings is 1. The van der Waals surface area contributed by atoms with Gasteiger partial charge < -0.3 is 10.3 Å². The summed E-state index contributed by atoms with van der Waals surface area (Å²) < 4.78 is 0. The van der Waals surface area contributed by atoms with Crippen LogP contribution in [0.4, 0.5) is 5.82 Å². The zero-order valence-electron chi connectivity index (χ0n) is 8.00. The van der Waals surface area contributed by atoms with Crippen molar-refractivity contribution in [1.29, 1.82) is 0 Å². The Labute approximate surface area is 102 Å². The Morgan fingerprint density at radius 2 is 2.19 bits per heavy atom. The number of rotatable bonds is 2. The van der Waals surface area contributed by atoms with Crippen LogP contribution in [0.2, 0.25) is 10.2 Å². The molecule has 0 unspecified atom stereocenters. The van der Waals surface area contributed by atoms with Crippen molar-refractivity contribution in [1.82, 2.24) is 9.97 Å². The summed E-state index contributed by atoms with van der Waals surface area (Å²) in [4.78, 5) is 18.3. The molecule has 2 aromatic rings. The first-order chi connectivity index (χ1) is 7.65. The summed E-state index contributed by atoms with van der Waals surface area (Å²) in [5, 5.41) is 3.39. The van der Waals surface area contributed by atoms with Crippen molar-refractivity contribution in [3.05, 3.63) is 46.3 Å². The van der Waals surface area contributed by atoms with Crippen molar-refractivity contribution in [3.63, 3.8) is 0 Å². The Balaban J connectivity index is 2.13. The largest absolute Gasteiger partial charge is 0.356 e.